The fourth-order valence-electron chi connectivity index (χ4n) is 3.39. The first-order chi connectivity index (χ1) is 9.25. The first-order valence-electron chi connectivity index (χ1n) is 6.90. The largest absolute Gasteiger partial charge is 0.357 e. The quantitative estimate of drug-likeness (QED) is 0.716. The van der Waals surface area contributed by atoms with E-state index in [2.05, 4.69) is 38.4 Å². The van der Waals surface area contributed by atoms with Crippen molar-refractivity contribution in [2.45, 2.75) is 38.5 Å². The predicted molar refractivity (Wildman–Crippen MR) is 80.6 cm³/mol. The van der Waals surface area contributed by atoms with E-state index < -0.39 is 0 Å². The van der Waals surface area contributed by atoms with Gasteiger partial charge in [-0.3, -0.25) is 5.43 Å². The van der Waals surface area contributed by atoms with Crippen molar-refractivity contribution in [2.24, 2.45) is 5.10 Å². The summed E-state index contributed by atoms with van der Waals surface area (Å²) in [5.74, 6) is 0. The minimum absolute atomic E-state index is 0.956. The Kier molecular flexibility index (Phi) is 2.49. The summed E-state index contributed by atoms with van der Waals surface area (Å²) in [4.78, 5) is 0. The minimum Gasteiger partial charge on any atom is -0.357 e. The van der Waals surface area contributed by atoms with E-state index >= 15 is 0 Å². The van der Waals surface area contributed by atoms with Crippen LogP contribution in [0.2, 0.25) is 0 Å². The van der Waals surface area contributed by atoms with E-state index in [1.807, 2.05) is 0 Å². The second-order valence-corrected chi connectivity index (χ2v) is 6.43. The van der Waals surface area contributed by atoms with Crippen molar-refractivity contribution >= 4 is 21.6 Å². The van der Waals surface area contributed by atoms with Gasteiger partial charge in [0, 0.05) is 15.8 Å². The van der Waals surface area contributed by atoms with Crippen LogP contribution in [0.4, 0.5) is 0 Å². The van der Waals surface area contributed by atoms with Crippen LogP contribution in [-0.2, 0) is 0 Å². The van der Waals surface area contributed by atoms with Gasteiger partial charge in [-0.05, 0) is 49.7 Å². The minimum atomic E-state index is 0.956. The fourth-order valence-corrected chi connectivity index (χ4v) is 3.88. The molecule has 98 valence electrons. The van der Waals surface area contributed by atoms with Crippen LogP contribution >= 0.6 is 15.9 Å². The molecule has 0 bridgehead atoms. The lowest BCUT2D eigenvalue weighted by Crippen LogP contribution is -2.37. The molecule has 0 spiro atoms. The Morgan fingerprint density at radius 3 is 2.79 bits per heavy atom. The van der Waals surface area contributed by atoms with Crippen molar-refractivity contribution in [1.82, 2.24) is 10.7 Å². The number of halogens is 1. The van der Waals surface area contributed by atoms with E-state index in [1.54, 1.807) is 0 Å². The lowest BCUT2D eigenvalue weighted by Gasteiger charge is -2.37. The van der Waals surface area contributed by atoms with Crippen molar-refractivity contribution < 1.29 is 0 Å². The lowest BCUT2D eigenvalue weighted by atomic mass is 9.79. The summed E-state index contributed by atoms with van der Waals surface area (Å²) in [6.07, 6.45) is 6.89. The van der Waals surface area contributed by atoms with Crippen molar-refractivity contribution in [3.8, 4) is 0 Å². The number of nitrogens with one attached hydrogen (secondary N) is 2. The number of rotatable bonds is 0. The summed E-state index contributed by atoms with van der Waals surface area (Å²) < 4.78 is 1.27. The maximum atomic E-state index is 4.59. The zero-order chi connectivity index (χ0) is 13.0. The van der Waals surface area contributed by atoms with Crippen LogP contribution in [0.5, 0.6) is 0 Å². The Hall–Kier alpha value is -1.29. The molecule has 0 radical (unpaired) electrons. The number of nitrogens with zero attached hydrogens (tertiary/aromatic N) is 1. The molecule has 0 amide bonds. The second kappa shape index (κ2) is 4.10. The Labute approximate surface area is 121 Å². The van der Waals surface area contributed by atoms with Gasteiger partial charge in [0.1, 0.15) is 0 Å². The topological polar surface area (TPSA) is 36.4 Å². The average molecular weight is 318 g/mol. The summed E-state index contributed by atoms with van der Waals surface area (Å²) in [7, 11) is 0. The molecule has 3 nitrogen and oxygen atoms in total. The molecular weight excluding hydrogens is 302 g/mol. The molecule has 0 saturated heterocycles. The summed E-state index contributed by atoms with van der Waals surface area (Å²) >= 11 is 3.73. The van der Waals surface area contributed by atoms with Crippen LogP contribution in [0.3, 0.4) is 0 Å². The average Bonchev–Trinajstić information content (AvgIpc) is 2.44. The molecule has 2 heterocycles. The third kappa shape index (κ3) is 1.59. The Morgan fingerprint density at radius 2 is 1.89 bits per heavy atom. The van der Waals surface area contributed by atoms with Crippen LogP contribution < -0.4 is 10.7 Å². The van der Waals surface area contributed by atoms with Crippen molar-refractivity contribution in [3.05, 3.63) is 44.9 Å². The molecule has 19 heavy (non-hydrogen) atoms. The van der Waals surface area contributed by atoms with Crippen molar-refractivity contribution in [3.63, 3.8) is 0 Å². The van der Waals surface area contributed by atoms with Crippen LogP contribution in [0.1, 0.15) is 38.5 Å². The molecule has 0 aromatic rings. The van der Waals surface area contributed by atoms with E-state index in [0.29, 0.717) is 0 Å². The lowest BCUT2D eigenvalue weighted by molar-refractivity contribution is 0.641. The number of allylic oxidation sites excluding steroid dienone is 5. The van der Waals surface area contributed by atoms with Crippen LogP contribution in [0.25, 0.3) is 0 Å². The van der Waals surface area contributed by atoms with Gasteiger partial charge in [0.15, 0.2) is 0 Å². The third-order valence-electron chi connectivity index (χ3n) is 4.35. The van der Waals surface area contributed by atoms with Crippen LogP contribution in [0, 0.1) is 0 Å². The molecule has 2 aliphatic heterocycles. The van der Waals surface area contributed by atoms with Gasteiger partial charge < -0.3 is 5.32 Å². The standard InChI is InChI=1S/C15H16BrN3/c1-8-9-6-7-11(16)15-13(9)14(19-18-8)10-4-2-3-5-12(10)17-15/h17-18H,1-7H2. The monoisotopic (exact) mass is 317 g/mol. The normalized spacial score (nSPS) is 25.5. The first kappa shape index (κ1) is 11.5. The van der Waals surface area contributed by atoms with Gasteiger partial charge in [-0.2, -0.15) is 5.10 Å². The Morgan fingerprint density at radius 1 is 1.05 bits per heavy atom. The maximum absolute atomic E-state index is 4.59. The number of fused-ring (bicyclic) bond motifs is 1. The van der Waals surface area contributed by atoms with Gasteiger partial charge in [0.25, 0.3) is 0 Å². The summed E-state index contributed by atoms with van der Waals surface area (Å²) in [5.41, 5.74) is 11.8. The van der Waals surface area contributed by atoms with E-state index in [0.717, 1.165) is 37.1 Å². The number of hydrogen-bond acceptors (Lipinski definition) is 3. The van der Waals surface area contributed by atoms with Crippen LogP contribution in [-0.4, -0.2) is 5.71 Å². The Bertz CT molecular complexity index is 619. The molecule has 0 aromatic heterocycles. The summed E-state index contributed by atoms with van der Waals surface area (Å²) in [5, 5.41) is 8.25. The molecule has 0 aromatic carbocycles. The summed E-state index contributed by atoms with van der Waals surface area (Å²) in [6, 6.07) is 0. The molecule has 2 aliphatic carbocycles. The predicted octanol–water partition coefficient (Wildman–Crippen LogP) is 3.59. The second-order valence-electron chi connectivity index (χ2n) is 5.47. The van der Waals surface area contributed by atoms with Gasteiger partial charge in [0.05, 0.1) is 17.1 Å². The van der Waals surface area contributed by atoms with Crippen molar-refractivity contribution in [2.75, 3.05) is 0 Å². The zero-order valence-corrected chi connectivity index (χ0v) is 12.4. The molecular formula is C15H16BrN3. The van der Waals surface area contributed by atoms with Gasteiger partial charge in [-0.15, -0.1) is 0 Å². The molecule has 4 aliphatic rings. The zero-order valence-electron chi connectivity index (χ0n) is 10.8. The maximum Gasteiger partial charge on any atom is 0.0979 e. The highest BCUT2D eigenvalue weighted by Crippen LogP contribution is 2.43. The highest BCUT2D eigenvalue weighted by Gasteiger charge is 2.35. The molecule has 0 unspecified atom stereocenters. The van der Waals surface area contributed by atoms with Gasteiger partial charge >= 0.3 is 0 Å². The SMILES string of the molecule is C=C1NN=C2C3=C(CCCC3)NC3=C(Br)CCC1=C23. The molecule has 0 atom stereocenters. The van der Waals surface area contributed by atoms with E-state index in [1.165, 1.54) is 45.4 Å². The van der Waals surface area contributed by atoms with E-state index in [4.69, 9.17) is 0 Å². The van der Waals surface area contributed by atoms with Gasteiger partial charge in [-0.25, -0.2) is 0 Å². The first-order valence-corrected chi connectivity index (χ1v) is 7.70. The number of hydrogen-bond donors (Lipinski definition) is 2. The smallest absolute Gasteiger partial charge is 0.0979 e. The van der Waals surface area contributed by atoms with Gasteiger partial charge in [0.2, 0.25) is 0 Å². The molecule has 2 N–H and O–H groups in total. The molecule has 0 saturated carbocycles. The molecule has 4 rings (SSSR count). The number of hydrazone groups is 1. The third-order valence-corrected chi connectivity index (χ3v) is 5.14. The van der Waals surface area contributed by atoms with E-state index in [9.17, 15) is 0 Å². The molecule has 0 fully saturated rings. The summed E-state index contributed by atoms with van der Waals surface area (Å²) in [6.45, 7) is 4.10. The highest BCUT2D eigenvalue weighted by molar-refractivity contribution is 9.11. The Balaban J connectivity index is 1.96. The van der Waals surface area contributed by atoms with Gasteiger partial charge in [-0.1, -0.05) is 22.5 Å². The fraction of sp³-hybridized carbons (Fsp3) is 0.400. The van der Waals surface area contributed by atoms with Crippen LogP contribution in [0.15, 0.2) is 50.0 Å². The van der Waals surface area contributed by atoms with Crippen molar-refractivity contribution in [1.29, 1.82) is 0 Å². The van der Waals surface area contributed by atoms with E-state index in [-0.39, 0.29) is 0 Å². The molecule has 4 heteroatoms. The highest BCUT2D eigenvalue weighted by atomic mass is 79.9.